The Balaban J connectivity index is 1.34. The number of aryl methyl sites for hydroxylation is 1. The topological polar surface area (TPSA) is 72.9 Å². The molecule has 0 radical (unpaired) electrons. The van der Waals surface area contributed by atoms with Crippen molar-refractivity contribution in [3.05, 3.63) is 60.5 Å². The number of fused-ring (bicyclic) bond motifs is 1. The second kappa shape index (κ2) is 7.36. The highest BCUT2D eigenvalue weighted by Gasteiger charge is 2.23. The van der Waals surface area contributed by atoms with Gasteiger partial charge >= 0.3 is 0 Å². The SMILES string of the molecule is Cc1ccc(CN2CCC(n3cnc4ncc(-c5ccc(F)nc5)nc43)CC2)o1. The minimum absolute atomic E-state index is 0.325. The van der Waals surface area contributed by atoms with Gasteiger partial charge in [-0.15, -0.1) is 0 Å². The van der Waals surface area contributed by atoms with Gasteiger partial charge in [0.15, 0.2) is 11.3 Å². The summed E-state index contributed by atoms with van der Waals surface area (Å²) in [6.07, 6.45) is 6.97. The smallest absolute Gasteiger partial charge is 0.212 e. The molecule has 0 N–H and O–H groups in total. The molecule has 8 heteroatoms. The summed E-state index contributed by atoms with van der Waals surface area (Å²) in [6, 6.07) is 7.37. The first-order chi connectivity index (χ1) is 14.2. The van der Waals surface area contributed by atoms with Crippen LogP contribution in [-0.2, 0) is 6.54 Å². The second-order valence-corrected chi connectivity index (χ2v) is 7.44. The monoisotopic (exact) mass is 392 g/mol. The average Bonchev–Trinajstić information content (AvgIpc) is 3.35. The van der Waals surface area contributed by atoms with E-state index >= 15 is 0 Å². The first kappa shape index (κ1) is 17.9. The van der Waals surface area contributed by atoms with Crippen LogP contribution in [0.3, 0.4) is 0 Å². The molecule has 4 aromatic rings. The molecule has 4 aromatic heterocycles. The molecule has 5 heterocycles. The largest absolute Gasteiger partial charge is 0.465 e. The minimum Gasteiger partial charge on any atom is -0.465 e. The van der Waals surface area contributed by atoms with E-state index in [0.29, 0.717) is 17.4 Å². The van der Waals surface area contributed by atoms with Gasteiger partial charge in [0.1, 0.15) is 11.5 Å². The van der Waals surface area contributed by atoms with Gasteiger partial charge in [0, 0.05) is 30.9 Å². The Labute approximate surface area is 167 Å². The molecule has 0 aliphatic carbocycles. The maximum atomic E-state index is 13.1. The first-order valence-electron chi connectivity index (χ1n) is 9.75. The molecule has 1 aliphatic rings. The molecular formula is C21H21FN6O. The van der Waals surface area contributed by atoms with Crippen molar-refractivity contribution >= 4 is 11.3 Å². The summed E-state index contributed by atoms with van der Waals surface area (Å²) in [7, 11) is 0. The van der Waals surface area contributed by atoms with Crippen LogP contribution in [0.25, 0.3) is 22.6 Å². The van der Waals surface area contributed by atoms with Crippen molar-refractivity contribution in [2.24, 2.45) is 0 Å². The lowest BCUT2D eigenvalue weighted by atomic mass is 10.0. The Hall–Kier alpha value is -3.13. The van der Waals surface area contributed by atoms with Gasteiger partial charge < -0.3 is 8.98 Å². The van der Waals surface area contributed by atoms with Gasteiger partial charge in [0.05, 0.1) is 24.8 Å². The van der Waals surface area contributed by atoms with E-state index in [1.807, 2.05) is 25.4 Å². The number of aromatic nitrogens is 5. The fraction of sp³-hybridized carbons (Fsp3) is 0.333. The number of nitrogens with zero attached hydrogens (tertiary/aromatic N) is 6. The summed E-state index contributed by atoms with van der Waals surface area (Å²) in [5.74, 6) is 1.45. The van der Waals surface area contributed by atoms with E-state index in [1.165, 1.54) is 12.3 Å². The number of rotatable bonds is 4. The van der Waals surface area contributed by atoms with E-state index < -0.39 is 5.95 Å². The van der Waals surface area contributed by atoms with E-state index in [0.717, 1.165) is 55.2 Å². The van der Waals surface area contributed by atoms with Crippen molar-refractivity contribution in [1.29, 1.82) is 0 Å². The highest BCUT2D eigenvalue weighted by molar-refractivity contribution is 5.70. The normalized spacial score (nSPS) is 15.9. The molecule has 0 unspecified atom stereocenters. The standard InChI is InChI=1S/C21H21FN6O/c1-14-2-4-17(29-14)12-27-8-6-16(7-9-27)28-13-25-20-21(28)26-18(11-24-20)15-3-5-19(22)23-10-15/h2-5,10-11,13,16H,6-9,12H2,1H3. The van der Waals surface area contributed by atoms with E-state index in [4.69, 9.17) is 9.40 Å². The summed E-state index contributed by atoms with van der Waals surface area (Å²) in [4.78, 5) is 19.7. The molecule has 5 rings (SSSR count). The van der Waals surface area contributed by atoms with Crippen molar-refractivity contribution in [1.82, 2.24) is 29.4 Å². The second-order valence-electron chi connectivity index (χ2n) is 7.44. The Morgan fingerprint density at radius 3 is 2.66 bits per heavy atom. The molecule has 1 saturated heterocycles. The van der Waals surface area contributed by atoms with Crippen molar-refractivity contribution in [2.45, 2.75) is 32.4 Å². The van der Waals surface area contributed by atoms with Gasteiger partial charge in [0.2, 0.25) is 5.95 Å². The number of hydrogen-bond donors (Lipinski definition) is 0. The van der Waals surface area contributed by atoms with Crippen molar-refractivity contribution in [3.8, 4) is 11.3 Å². The molecule has 7 nitrogen and oxygen atoms in total. The summed E-state index contributed by atoms with van der Waals surface area (Å²) < 4.78 is 20.9. The molecule has 0 atom stereocenters. The van der Waals surface area contributed by atoms with Gasteiger partial charge in [-0.3, -0.25) is 4.90 Å². The van der Waals surface area contributed by atoms with Crippen molar-refractivity contribution < 1.29 is 8.81 Å². The highest BCUT2D eigenvalue weighted by atomic mass is 19.1. The number of imidazole rings is 1. The van der Waals surface area contributed by atoms with E-state index in [-0.39, 0.29) is 0 Å². The van der Waals surface area contributed by atoms with Gasteiger partial charge in [-0.05, 0) is 44.0 Å². The molecule has 0 aromatic carbocycles. The zero-order valence-electron chi connectivity index (χ0n) is 16.1. The maximum absolute atomic E-state index is 13.1. The summed E-state index contributed by atoms with van der Waals surface area (Å²) in [5, 5.41) is 0. The zero-order valence-corrected chi connectivity index (χ0v) is 16.1. The van der Waals surface area contributed by atoms with Crippen molar-refractivity contribution in [2.75, 3.05) is 13.1 Å². The van der Waals surface area contributed by atoms with Crippen LogP contribution in [0.4, 0.5) is 4.39 Å². The Morgan fingerprint density at radius 1 is 1.07 bits per heavy atom. The minimum atomic E-state index is -0.510. The lowest BCUT2D eigenvalue weighted by Gasteiger charge is -2.32. The molecule has 0 amide bonds. The Bertz CT molecular complexity index is 1130. The summed E-state index contributed by atoms with van der Waals surface area (Å²) in [5.41, 5.74) is 2.78. The van der Waals surface area contributed by atoms with E-state index in [2.05, 4.69) is 24.4 Å². The number of halogens is 1. The molecular weight excluding hydrogens is 371 g/mol. The van der Waals surface area contributed by atoms with Crippen LogP contribution in [0, 0.1) is 12.9 Å². The molecule has 0 saturated carbocycles. The van der Waals surface area contributed by atoms with Gasteiger partial charge in [0.25, 0.3) is 0 Å². The number of furan rings is 1. The van der Waals surface area contributed by atoms with Crippen LogP contribution in [0.2, 0.25) is 0 Å². The Morgan fingerprint density at radius 2 is 1.93 bits per heavy atom. The maximum Gasteiger partial charge on any atom is 0.212 e. The fourth-order valence-corrected chi connectivity index (χ4v) is 3.89. The van der Waals surface area contributed by atoms with Crippen LogP contribution in [0.5, 0.6) is 0 Å². The third-order valence-electron chi connectivity index (χ3n) is 5.43. The predicted octanol–water partition coefficient (Wildman–Crippen LogP) is 3.77. The number of pyridine rings is 1. The van der Waals surface area contributed by atoms with Gasteiger partial charge in [-0.1, -0.05) is 0 Å². The number of piperidine rings is 1. The van der Waals surface area contributed by atoms with Crippen molar-refractivity contribution in [3.63, 3.8) is 0 Å². The molecule has 1 aliphatic heterocycles. The molecule has 0 bridgehead atoms. The van der Waals surface area contributed by atoms with Crippen LogP contribution in [-0.4, -0.2) is 42.5 Å². The molecule has 1 fully saturated rings. The summed E-state index contributed by atoms with van der Waals surface area (Å²) >= 11 is 0. The zero-order chi connectivity index (χ0) is 19.8. The van der Waals surface area contributed by atoms with Crippen LogP contribution < -0.4 is 0 Å². The molecule has 0 spiro atoms. The predicted molar refractivity (Wildman–Crippen MR) is 106 cm³/mol. The molecule has 29 heavy (non-hydrogen) atoms. The lowest BCUT2D eigenvalue weighted by molar-refractivity contribution is 0.169. The summed E-state index contributed by atoms with van der Waals surface area (Å²) in [6.45, 7) is 4.78. The average molecular weight is 392 g/mol. The fourth-order valence-electron chi connectivity index (χ4n) is 3.89. The number of likely N-dealkylation sites (tertiary alicyclic amines) is 1. The first-order valence-corrected chi connectivity index (χ1v) is 9.75. The Kier molecular flexibility index (Phi) is 4.55. The van der Waals surface area contributed by atoms with Gasteiger partial charge in [-0.2, -0.15) is 4.39 Å². The quantitative estimate of drug-likeness (QED) is 0.492. The van der Waals surface area contributed by atoms with E-state index in [1.54, 1.807) is 12.3 Å². The lowest BCUT2D eigenvalue weighted by Crippen LogP contribution is -2.34. The highest BCUT2D eigenvalue weighted by Crippen LogP contribution is 2.27. The van der Waals surface area contributed by atoms with E-state index in [9.17, 15) is 4.39 Å². The molecule has 148 valence electrons. The van der Waals surface area contributed by atoms with Crippen LogP contribution in [0.15, 0.2) is 47.4 Å². The van der Waals surface area contributed by atoms with Crippen LogP contribution >= 0.6 is 0 Å². The number of hydrogen-bond acceptors (Lipinski definition) is 6. The van der Waals surface area contributed by atoms with Gasteiger partial charge in [-0.25, -0.2) is 19.9 Å². The van der Waals surface area contributed by atoms with Crippen LogP contribution in [0.1, 0.15) is 30.4 Å². The third kappa shape index (κ3) is 3.63. The third-order valence-corrected chi connectivity index (χ3v) is 5.43.